The van der Waals surface area contributed by atoms with Gasteiger partial charge in [-0.2, -0.15) is 0 Å². The Morgan fingerprint density at radius 1 is 1.04 bits per heavy atom. The first-order chi connectivity index (χ1) is 11.1. The standard InChI is InChI=1S/C17H15NO4S/c19-15(11-13-5-2-1-3-6-13)18-16(20)12-22-17(21)9-8-14-7-4-10-23-14/h1-10H,11-12H2,(H,18,19,20)/b9-8+. The van der Waals surface area contributed by atoms with E-state index in [-0.39, 0.29) is 6.42 Å². The number of hydrogen-bond donors (Lipinski definition) is 1. The summed E-state index contributed by atoms with van der Waals surface area (Å²) in [6, 6.07) is 12.8. The number of ether oxygens (including phenoxy) is 1. The lowest BCUT2D eigenvalue weighted by molar-refractivity contribution is -0.145. The smallest absolute Gasteiger partial charge is 0.331 e. The lowest BCUT2D eigenvalue weighted by Crippen LogP contribution is -2.35. The van der Waals surface area contributed by atoms with Gasteiger partial charge in [0.1, 0.15) is 0 Å². The number of carbonyl (C=O) groups is 3. The summed E-state index contributed by atoms with van der Waals surface area (Å²) in [7, 11) is 0. The predicted molar refractivity (Wildman–Crippen MR) is 87.6 cm³/mol. The SMILES string of the molecule is O=C(COC(=O)/C=C/c1cccs1)NC(=O)Cc1ccccc1. The fraction of sp³-hybridized carbons (Fsp3) is 0.118. The average molecular weight is 329 g/mol. The number of benzene rings is 1. The minimum atomic E-state index is -0.649. The van der Waals surface area contributed by atoms with Crippen molar-refractivity contribution in [3.8, 4) is 0 Å². The van der Waals surface area contributed by atoms with Gasteiger partial charge in [-0.05, 0) is 23.1 Å². The molecule has 6 heteroatoms. The number of amides is 2. The normalized spacial score (nSPS) is 10.4. The molecule has 1 heterocycles. The number of esters is 1. The number of carbonyl (C=O) groups excluding carboxylic acids is 3. The molecule has 5 nitrogen and oxygen atoms in total. The summed E-state index contributed by atoms with van der Waals surface area (Å²) in [5.74, 6) is -1.72. The van der Waals surface area contributed by atoms with Gasteiger partial charge in [-0.3, -0.25) is 14.9 Å². The minimum absolute atomic E-state index is 0.0960. The molecule has 1 N–H and O–H groups in total. The first kappa shape index (κ1) is 16.6. The lowest BCUT2D eigenvalue weighted by atomic mass is 10.1. The molecule has 0 saturated heterocycles. The molecular formula is C17H15NO4S. The van der Waals surface area contributed by atoms with Gasteiger partial charge in [0.05, 0.1) is 6.42 Å². The number of thiophene rings is 1. The Kier molecular flexibility index (Phi) is 6.26. The molecule has 0 unspecified atom stereocenters. The van der Waals surface area contributed by atoms with Crippen LogP contribution >= 0.6 is 11.3 Å². The lowest BCUT2D eigenvalue weighted by Gasteiger charge is -2.04. The monoisotopic (exact) mass is 329 g/mol. The Bertz CT molecular complexity index is 693. The summed E-state index contributed by atoms with van der Waals surface area (Å²) >= 11 is 1.48. The number of rotatable bonds is 6. The van der Waals surface area contributed by atoms with Crippen LogP contribution in [0.4, 0.5) is 0 Å². The fourth-order valence-electron chi connectivity index (χ4n) is 1.74. The van der Waals surface area contributed by atoms with Crippen LogP contribution in [0, 0.1) is 0 Å². The van der Waals surface area contributed by atoms with Crippen molar-refractivity contribution in [1.82, 2.24) is 5.32 Å². The summed E-state index contributed by atoms with van der Waals surface area (Å²) in [6.45, 7) is -0.492. The van der Waals surface area contributed by atoms with Crippen molar-refractivity contribution in [2.75, 3.05) is 6.61 Å². The van der Waals surface area contributed by atoms with E-state index < -0.39 is 24.4 Å². The Labute approximate surface area is 137 Å². The van der Waals surface area contributed by atoms with E-state index in [1.807, 2.05) is 35.7 Å². The molecule has 0 atom stereocenters. The first-order valence-electron chi connectivity index (χ1n) is 6.88. The maximum absolute atomic E-state index is 11.7. The molecule has 0 spiro atoms. The van der Waals surface area contributed by atoms with E-state index >= 15 is 0 Å². The minimum Gasteiger partial charge on any atom is -0.452 e. The van der Waals surface area contributed by atoms with Gasteiger partial charge in [0.25, 0.3) is 5.91 Å². The zero-order valence-electron chi connectivity index (χ0n) is 12.2. The van der Waals surface area contributed by atoms with Crippen LogP contribution in [0.25, 0.3) is 6.08 Å². The molecule has 0 aliphatic heterocycles. The van der Waals surface area contributed by atoms with Gasteiger partial charge in [-0.1, -0.05) is 36.4 Å². The maximum atomic E-state index is 11.7. The van der Waals surface area contributed by atoms with Crippen molar-refractivity contribution in [3.63, 3.8) is 0 Å². The van der Waals surface area contributed by atoms with E-state index in [1.54, 1.807) is 18.2 Å². The van der Waals surface area contributed by atoms with Gasteiger partial charge < -0.3 is 4.74 Å². The van der Waals surface area contributed by atoms with E-state index in [4.69, 9.17) is 4.74 Å². The van der Waals surface area contributed by atoms with E-state index in [0.717, 1.165) is 10.4 Å². The van der Waals surface area contributed by atoms with Crippen LogP contribution in [0.15, 0.2) is 53.9 Å². The molecule has 0 aliphatic rings. The molecular weight excluding hydrogens is 314 g/mol. The highest BCUT2D eigenvalue weighted by atomic mass is 32.1. The molecule has 2 rings (SSSR count). The molecule has 0 radical (unpaired) electrons. The highest BCUT2D eigenvalue weighted by molar-refractivity contribution is 7.10. The van der Waals surface area contributed by atoms with Crippen LogP contribution in [0.3, 0.4) is 0 Å². The van der Waals surface area contributed by atoms with Crippen molar-refractivity contribution in [2.24, 2.45) is 0 Å². The molecule has 0 bridgehead atoms. The molecule has 2 amide bonds. The second kappa shape index (κ2) is 8.65. The molecule has 0 saturated carbocycles. The summed E-state index contributed by atoms with van der Waals surface area (Å²) in [5.41, 5.74) is 0.800. The van der Waals surface area contributed by atoms with Gasteiger partial charge in [-0.25, -0.2) is 4.79 Å². The van der Waals surface area contributed by atoms with Crippen LogP contribution in [0.1, 0.15) is 10.4 Å². The maximum Gasteiger partial charge on any atom is 0.331 e. The first-order valence-corrected chi connectivity index (χ1v) is 7.76. The molecule has 1 aromatic carbocycles. The second-order valence-corrected chi connectivity index (χ2v) is 5.57. The van der Waals surface area contributed by atoms with Gasteiger partial charge in [-0.15, -0.1) is 11.3 Å². The van der Waals surface area contributed by atoms with Gasteiger partial charge in [0.15, 0.2) is 6.61 Å². The van der Waals surface area contributed by atoms with Gasteiger partial charge >= 0.3 is 5.97 Å². The van der Waals surface area contributed by atoms with Crippen molar-refractivity contribution in [3.05, 3.63) is 64.4 Å². The summed E-state index contributed by atoms with van der Waals surface area (Å²) in [5, 5.41) is 4.06. The van der Waals surface area contributed by atoms with Crippen molar-refractivity contribution in [2.45, 2.75) is 6.42 Å². The molecule has 118 valence electrons. The van der Waals surface area contributed by atoms with Gasteiger partial charge in [0, 0.05) is 11.0 Å². The summed E-state index contributed by atoms with van der Waals surface area (Å²) in [6.07, 6.45) is 2.94. The van der Waals surface area contributed by atoms with Crippen LogP contribution in [0.5, 0.6) is 0 Å². The Balaban J connectivity index is 1.70. The van der Waals surface area contributed by atoms with E-state index in [9.17, 15) is 14.4 Å². The number of nitrogens with one attached hydrogen (secondary N) is 1. The zero-order valence-corrected chi connectivity index (χ0v) is 13.0. The van der Waals surface area contributed by atoms with Crippen molar-refractivity contribution >= 4 is 35.2 Å². The highest BCUT2D eigenvalue weighted by Crippen LogP contribution is 2.10. The molecule has 2 aromatic rings. The third-order valence-corrected chi connectivity index (χ3v) is 3.60. The van der Waals surface area contributed by atoms with Crippen LogP contribution < -0.4 is 5.32 Å². The number of imide groups is 1. The van der Waals surface area contributed by atoms with Crippen molar-refractivity contribution < 1.29 is 19.1 Å². The van der Waals surface area contributed by atoms with Crippen LogP contribution in [-0.4, -0.2) is 24.4 Å². The molecule has 0 fully saturated rings. The van der Waals surface area contributed by atoms with Crippen molar-refractivity contribution in [1.29, 1.82) is 0 Å². The third kappa shape index (κ3) is 6.27. The van der Waals surface area contributed by atoms with E-state index in [1.165, 1.54) is 17.4 Å². The Morgan fingerprint density at radius 2 is 1.83 bits per heavy atom. The van der Waals surface area contributed by atoms with E-state index in [2.05, 4.69) is 5.32 Å². The third-order valence-electron chi connectivity index (χ3n) is 2.76. The Morgan fingerprint density at radius 3 is 2.52 bits per heavy atom. The fourth-order valence-corrected chi connectivity index (χ4v) is 2.36. The Hall–Kier alpha value is -2.73. The van der Waals surface area contributed by atoms with Crippen LogP contribution in [-0.2, 0) is 25.5 Å². The topological polar surface area (TPSA) is 72.5 Å². The highest BCUT2D eigenvalue weighted by Gasteiger charge is 2.10. The van der Waals surface area contributed by atoms with Crippen LogP contribution in [0.2, 0.25) is 0 Å². The summed E-state index contributed by atoms with van der Waals surface area (Å²) < 4.78 is 4.77. The number of hydrogen-bond acceptors (Lipinski definition) is 5. The molecule has 23 heavy (non-hydrogen) atoms. The zero-order chi connectivity index (χ0) is 16.5. The average Bonchev–Trinajstić information content (AvgIpc) is 3.05. The van der Waals surface area contributed by atoms with Gasteiger partial charge in [0.2, 0.25) is 5.91 Å². The predicted octanol–water partition coefficient (Wildman–Crippen LogP) is 2.19. The quantitative estimate of drug-likeness (QED) is 0.651. The molecule has 1 aromatic heterocycles. The largest absolute Gasteiger partial charge is 0.452 e. The second-order valence-electron chi connectivity index (χ2n) is 4.59. The summed E-state index contributed by atoms with van der Waals surface area (Å²) in [4.78, 5) is 35.6. The molecule has 0 aliphatic carbocycles. The van der Waals surface area contributed by atoms with E-state index in [0.29, 0.717) is 0 Å².